The van der Waals surface area contributed by atoms with Gasteiger partial charge in [-0.3, -0.25) is 4.90 Å². The van der Waals surface area contributed by atoms with Crippen molar-refractivity contribution in [3.63, 3.8) is 0 Å². The minimum Gasteiger partial charge on any atom is -0.381 e. The van der Waals surface area contributed by atoms with Gasteiger partial charge in [0.2, 0.25) is 0 Å². The molecule has 148 valence electrons. The van der Waals surface area contributed by atoms with Crippen LogP contribution in [0.15, 0.2) is 54.6 Å². The first-order valence-electron chi connectivity index (χ1n) is 9.60. The van der Waals surface area contributed by atoms with Crippen LogP contribution in [0.1, 0.15) is 24.4 Å². The van der Waals surface area contributed by atoms with E-state index < -0.39 is 0 Å². The molecular weight excluding hydrogens is 379 g/mol. The Kier molecular flexibility index (Phi) is 9.07. The Hall–Kier alpha value is -1.10. The summed E-state index contributed by atoms with van der Waals surface area (Å²) in [4.78, 5) is 2.68. The topological polar surface area (TPSA) is 24.5 Å². The second kappa shape index (κ2) is 11.0. The van der Waals surface area contributed by atoms with E-state index in [-0.39, 0.29) is 24.8 Å². The van der Waals surface area contributed by atoms with Crippen LogP contribution >= 0.6 is 24.8 Å². The molecule has 0 spiro atoms. The van der Waals surface area contributed by atoms with Gasteiger partial charge in [0.05, 0.1) is 0 Å². The van der Waals surface area contributed by atoms with Crippen LogP contribution in [0.5, 0.6) is 0 Å². The summed E-state index contributed by atoms with van der Waals surface area (Å²) < 4.78 is 5.62. The van der Waals surface area contributed by atoms with Crippen molar-refractivity contribution >= 4 is 24.8 Å². The van der Waals surface area contributed by atoms with Gasteiger partial charge in [-0.1, -0.05) is 54.6 Å². The zero-order valence-electron chi connectivity index (χ0n) is 15.7. The monoisotopic (exact) mass is 408 g/mol. The fourth-order valence-electron chi connectivity index (χ4n) is 4.28. The standard InChI is InChI=1S/C22H28N2O.2ClH/c1-2-4-18(5-3-1)19-6-8-20(9-7-19)22(21-10-16-25-17-11-21)24-14-12-23-13-15-24;;/h1-9,21-23H,10-17H2;2*1H/t22-;;/m1../s1. The van der Waals surface area contributed by atoms with Gasteiger partial charge in [-0.2, -0.15) is 0 Å². The Morgan fingerprint density at radius 2 is 1.41 bits per heavy atom. The molecule has 2 heterocycles. The molecule has 27 heavy (non-hydrogen) atoms. The predicted octanol–water partition coefficient (Wildman–Crippen LogP) is 4.57. The first kappa shape index (κ1) is 22.2. The lowest BCUT2D eigenvalue weighted by atomic mass is 9.85. The molecule has 1 atom stereocenters. The van der Waals surface area contributed by atoms with Crippen molar-refractivity contribution < 1.29 is 4.74 Å². The zero-order chi connectivity index (χ0) is 16.9. The quantitative estimate of drug-likeness (QED) is 0.801. The highest BCUT2D eigenvalue weighted by atomic mass is 35.5. The number of hydrogen-bond donors (Lipinski definition) is 1. The first-order chi connectivity index (χ1) is 12.4. The molecule has 2 saturated heterocycles. The van der Waals surface area contributed by atoms with E-state index in [1.54, 1.807) is 0 Å². The van der Waals surface area contributed by atoms with Crippen molar-refractivity contribution in [3.8, 4) is 11.1 Å². The first-order valence-corrected chi connectivity index (χ1v) is 9.60. The molecule has 2 fully saturated rings. The SMILES string of the molecule is Cl.Cl.c1ccc(-c2ccc([C@H](C3CCOCC3)N3CCNCC3)cc2)cc1. The van der Waals surface area contributed by atoms with E-state index in [1.165, 1.54) is 29.5 Å². The Labute approximate surface area is 175 Å². The van der Waals surface area contributed by atoms with Gasteiger partial charge in [0.1, 0.15) is 0 Å². The van der Waals surface area contributed by atoms with Crippen molar-refractivity contribution in [1.29, 1.82) is 0 Å². The van der Waals surface area contributed by atoms with Crippen molar-refractivity contribution in [2.24, 2.45) is 5.92 Å². The second-order valence-electron chi connectivity index (χ2n) is 7.17. The van der Waals surface area contributed by atoms with Gasteiger partial charge >= 0.3 is 0 Å². The van der Waals surface area contributed by atoms with Crippen LogP contribution in [-0.2, 0) is 4.74 Å². The number of nitrogens with zero attached hydrogens (tertiary/aromatic N) is 1. The largest absolute Gasteiger partial charge is 0.381 e. The zero-order valence-corrected chi connectivity index (χ0v) is 17.3. The maximum atomic E-state index is 5.62. The summed E-state index contributed by atoms with van der Waals surface area (Å²) in [6.07, 6.45) is 2.35. The summed E-state index contributed by atoms with van der Waals surface area (Å²) >= 11 is 0. The third kappa shape index (κ3) is 5.46. The molecule has 0 bridgehead atoms. The molecule has 0 unspecified atom stereocenters. The maximum absolute atomic E-state index is 5.62. The van der Waals surface area contributed by atoms with Crippen LogP contribution < -0.4 is 5.32 Å². The molecule has 2 aromatic rings. The molecule has 2 aromatic carbocycles. The van der Waals surface area contributed by atoms with Crippen molar-refractivity contribution in [3.05, 3.63) is 60.2 Å². The Balaban J connectivity index is 0.00000131. The lowest BCUT2D eigenvalue weighted by Crippen LogP contribution is -2.47. The van der Waals surface area contributed by atoms with E-state index in [0.717, 1.165) is 39.4 Å². The summed E-state index contributed by atoms with van der Waals surface area (Å²) in [5, 5.41) is 3.49. The Morgan fingerprint density at radius 1 is 0.815 bits per heavy atom. The molecule has 3 nitrogen and oxygen atoms in total. The summed E-state index contributed by atoms with van der Waals surface area (Å²) in [7, 11) is 0. The van der Waals surface area contributed by atoms with E-state index in [9.17, 15) is 0 Å². The van der Waals surface area contributed by atoms with Crippen molar-refractivity contribution in [2.75, 3.05) is 39.4 Å². The minimum atomic E-state index is 0. The molecule has 2 aliphatic heterocycles. The van der Waals surface area contributed by atoms with Gasteiger partial charge in [0.15, 0.2) is 0 Å². The third-order valence-electron chi connectivity index (χ3n) is 5.62. The highest BCUT2D eigenvalue weighted by Crippen LogP contribution is 2.36. The van der Waals surface area contributed by atoms with Crippen LogP contribution in [0.4, 0.5) is 0 Å². The van der Waals surface area contributed by atoms with E-state index in [4.69, 9.17) is 4.74 Å². The average Bonchev–Trinajstić information content (AvgIpc) is 2.71. The number of benzene rings is 2. The molecule has 2 aliphatic rings. The summed E-state index contributed by atoms with van der Waals surface area (Å²) in [5.74, 6) is 0.703. The average molecular weight is 409 g/mol. The van der Waals surface area contributed by atoms with Crippen LogP contribution in [0.2, 0.25) is 0 Å². The lowest BCUT2D eigenvalue weighted by Gasteiger charge is -2.41. The highest BCUT2D eigenvalue weighted by molar-refractivity contribution is 5.85. The fraction of sp³-hybridized carbons (Fsp3) is 0.455. The van der Waals surface area contributed by atoms with Gasteiger partial charge in [-0.25, -0.2) is 0 Å². The maximum Gasteiger partial charge on any atom is 0.0469 e. The van der Waals surface area contributed by atoms with Crippen LogP contribution in [0.3, 0.4) is 0 Å². The summed E-state index contributed by atoms with van der Waals surface area (Å²) in [6.45, 7) is 6.30. The predicted molar refractivity (Wildman–Crippen MR) is 117 cm³/mol. The number of ether oxygens (including phenoxy) is 1. The normalized spacial score (nSPS) is 19.6. The van der Waals surface area contributed by atoms with E-state index in [0.29, 0.717) is 12.0 Å². The van der Waals surface area contributed by atoms with Crippen molar-refractivity contribution in [2.45, 2.75) is 18.9 Å². The number of rotatable bonds is 4. The van der Waals surface area contributed by atoms with Gasteiger partial charge < -0.3 is 10.1 Å². The van der Waals surface area contributed by atoms with Crippen LogP contribution in [0.25, 0.3) is 11.1 Å². The molecule has 0 amide bonds. The number of halogens is 2. The van der Waals surface area contributed by atoms with E-state index in [1.807, 2.05) is 0 Å². The smallest absolute Gasteiger partial charge is 0.0469 e. The molecule has 1 N–H and O–H groups in total. The molecule has 4 rings (SSSR count). The summed E-state index contributed by atoms with van der Waals surface area (Å²) in [6, 6.07) is 20.5. The Bertz CT molecular complexity index is 636. The van der Waals surface area contributed by atoms with Gasteiger partial charge in [-0.05, 0) is 35.4 Å². The minimum absolute atomic E-state index is 0. The molecule has 0 aliphatic carbocycles. The molecular formula is C22H30Cl2N2O. The number of nitrogens with one attached hydrogen (secondary N) is 1. The summed E-state index contributed by atoms with van der Waals surface area (Å²) in [5.41, 5.74) is 4.06. The molecule has 0 aromatic heterocycles. The van der Waals surface area contributed by atoms with E-state index >= 15 is 0 Å². The number of piperazine rings is 1. The number of hydrogen-bond acceptors (Lipinski definition) is 3. The molecule has 0 saturated carbocycles. The van der Waals surface area contributed by atoms with Gasteiger partial charge in [0, 0.05) is 45.4 Å². The fourth-order valence-corrected chi connectivity index (χ4v) is 4.28. The molecule has 5 heteroatoms. The van der Waals surface area contributed by atoms with Crippen LogP contribution in [0, 0.1) is 5.92 Å². The highest BCUT2D eigenvalue weighted by Gasteiger charge is 2.31. The van der Waals surface area contributed by atoms with Crippen LogP contribution in [-0.4, -0.2) is 44.3 Å². The van der Waals surface area contributed by atoms with Gasteiger partial charge in [0.25, 0.3) is 0 Å². The third-order valence-corrected chi connectivity index (χ3v) is 5.62. The lowest BCUT2D eigenvalue weighted by molar-refractivity contribution is 0.0213. The van der Waals surface area contributed by atoms with Gasteiger partial charge in [-0.15, -0.1) is 24.8 Å². The molecule has 0 radical (unpaired) electrons. The van der Waals surface area contributed by atoms with E-state index in [2.05, 4.69) is 64.8 Å². The van der Waals surface area contributed by atoms with Crippen molar-refractivity contribution in [1.82, 2.24) is 10.2 Å². The second-order valence-corrected chi connectivity index (χ2v) is 7.17. The Morgan fingerprint density at radius 3 is 2.04 bits per heavy atom.